The fraction of sp³-hybridized carbons (Fsp3) is 0.108. The number of rotatable bonds is 11. The second-order valence-corrected chi connectivity index (χ2v) is 12.5. The van der Waals surface area contributed by atoms with Crippen LogP contribution in [0.1, 0.15) is 29.2 Å². The van der Waals surface area contributed by atoms with Crippen molar-refractivity contribution in [3.05, 3.63) is 156 Å². The van der Waals surface area contributed by atoms with E-state index in [0.29, 0.717) is 28.2 Å². The van der Waals surface area contributed by atoms with Crippen molar-refractivity contribution in [2.75, 3.05) is 21.9 Å². The Labute approximate surface area is 264 Å². The van der Waals surface area contributed by atoms with Crippen LogP contribution in [0.4, 0.5) is 17.1 Å². The van der Waals surface area contributed by atoms with Crippen LogP contribution in [-0.2, 0) is 27.9 Å². The zero-order valence-corrected chi connectivity index (χ0v) is 25.7. The maximum atomic E-state index is 13.5. The lowest BCUT2D eigenvalue weighted by Gasteiger charge is -2.21. The molecular formula is C37H34N4O3S. The maximum Gasteiger partial charge on any atom is 0.261 e. The van der Waals surface area contributed by atoms with Crippen molar-refractivity contribution >= 4 is 44.3 Å². The zero-order valence-electron chi connectivity index (χ0n) is 24.9. The number of sulfonamides is 1. The average molecular weight is 615 g/mol. The molecule has 5 aromatic rings. The topological polar surface area (TPSA) is 90.5 Å². The molecule has 0 atom stereocenters. The first kappa shape index (κ1) is 29.9. The van der Waals surface area contributed by atoms with Gasteiger partial charge in [-0.2, -0.15) is 0 Å². The van der Waals surface area contributed by atoms with E-state index >= 15 is 0 Å². The second kappa shape index (κ2) is 13.2. The minimum Gasteiger partial charge on any atom is -0.354 e. The van der Waals surface area contributed by atoms with Gasteiger partial charge >= 0.3 is 0 Å². The van der Waals surface area contributed by atoms with E-state index in [2.05, 4.69) is 63.6 Å². The highest BCUT2D eigenvalue weighted by Crippen LogP contribution is 2.39. The Kier molecular flexibility index (Phi) is 8.77. The highest BCUT2D eigenvalue weighted by Gasteiger charge is 2.30. The lowest BCUT2D eigenvalue weighted by molar-refractivity contribution is -0.110. The van der Waals surface area contributed by atoms with Crippen molar-refractivity contribution in [3.8, 4) is 0 Å². The fourth-order valence-corrected chi connectivity index (χ4v) is 6.47. The number of fused-ring (bicyclic) bond motifs is 1. The largest absolute Gasteiger partial charge is 0.354 e. The van der Waals surface area contributed by atoms with E-state index < -0.39 is 10.0 Å². The molecule has 7 nitrogen and oxygen atoms in total. The minimum atomic E-state index is -3.90. The lowest BCUT2D eigenvalue weighted by atomic mass is 10.00. The summed E-state index contributed by atoms with van der Waals surface area (Å²) in [5, 5.41) is 6.39. The molecule has 8 heteroatoms. The van der Waals surface area contributed by atoms with Crippen LogP contribution in [0.5, 0.6) is 0 Å². The van der Waals surface area contributed by atoms with Gasteiger partial charge in [0.25, 0.3) is 15.9 Å². The monoisotopic (exact) mass is 614 g/mol. The van der Waals surface area contributed by atoms with Gasteiger partial charge in [-0.1, -0.05) is 97.9 Å². The number of anilines is 3. The van der Waals surface area contributed by atoms with Crippen LogP contribution in [0.3, 0.4) is 0 Å². The van der Waals surface area contributed by atoms with E-state index in [9.17, 15) is 13.2 Å². The first-order valence-corrected chi connectivity index (χ1v) is 16.3. The number of hydrogen-bond acceptors (Lipinski definition) is 5. The molecule has 3 N–H and O–H groups in total. The van der Waals surface area contributed by atoms with Gasteiger partial charge in [-0.25, -0.2) is 8.42 Å². The van der Waals surface area contributed by atoms with Crippen molar-refractivity contribution in [1.29, 1.82) is 0 Å². The third-order valence-electron chi connectivity index (χ3n) is 7.71. The molecule has 45 heavy (non-hydrogen) atoms. The Balaban J connectivity index is 1.31. The molecule has 0 radical (unpaired) electrons. The summed E-state index contributed by atoms with van der Waals surface area (Å²) in [5.74, 6) is -0.307. The van der Waals surface area contributed by atoms with Gasteiger partial charge in [-0.05, 0) is 65.7 Å². The molecule has 0 saturated carbocycles. The number of nitrogens with one attached hydrogen (secondary N) is 3. The quantitative estimate of drug-likeness (QED) is 0.135. The third kappa shape index (κ3) is 6.98. The molecule has 0 fully saturated rings. The number of amides is 1. The molecule has 6 rings (SSSR count). The van der Waals surface area contributed by atoms with Gasteiger partial charge in [0.1, 0.15) is 0 Å². The summed E-state index contributed by atoms with van der Waals surface area (Å²) in [6, 6.07) is 41.6. The van der Waals surface area contributed by atoms with Crippen LogP contribution < -0.4 is 15.4 Å². The second-order valence-electron chi connectivity index (χ2n) is 10.9. The van der Waals surface area contributed by atoms with E-state index in [4.69, 9.17) is 0 Å². The highest BCUT2D eigenvalue weighted by molar-refractivity contribution is 7.92. The molecule has 0 aliphatic carbocycles. The number of para-hydroxylation sites is 1. The number of hydrogen-bond donors (Lipinski definition) is 3. The Morgan fingerprint density at radius 3 is 1.96 bits per heavy atom. The smallest absolute Gasteiger partial charge is 0.261 e. The SMILES string of the molecule is CCN(Cc1ccccc1)Cc1ccc(NC(=C2C(=O)Nc3ccc(S(=O)(=O)Nc4ccccc4)cc32)c2ccccc2)cc1. The van der Waals surface area contributed by atoms with Crippen molar-refractivity contribution in [1.82, 2.24) is 4.90 Å². The average Bonchev–Trinajstić information content (AvgIpc) is 3.40. The summed E-state index contributed by atoms with van der Waals surface area (Å²) < 4.78 is 29.2. The van der Waals surface area contributed by atoms with Gasteiger partial charge < -0.3 is 10.6 Å². The van der Waals surface area contributed by atoms with Crippen molar-refractivity contribution in [3.63, 3.8) is 0 Å². The summed E-state index contributed by atoms with van der Waals surface area (Å²) in [5.41, 5.74) is 6.55. The number of carbonyl (C=O) groups excluding carboxylic acids is 1. The molecule has 0 spiro atoms. The van der Waals surface area contributed by atoms with E-state index in [1.807, 2.05) is 54.6 Å². The third-order valence-corrected chi connectivity index (χ3v) is 9.09. The van der Waals surface area contributed by atoms with Gasteiger partial charge in [0.05, 0.1) is 16.2 Å². The van der Waals surface area contributed by atoms with Gasteiger partial charge in [-0.15, -0.1) is 0 Å². The van der Waals surface area contributed by atoms with E-state index in [1.165, 1.54) is 17.2 Å². The van der Waals surface area contributed by atoms with Crippen LogP contribution in [-0.4, -0.2) is 25.8 Å². The zero-order chi connectivity index (χ0) is 31.2. The molecule has 0 saturated heterocycles. The van der Waals surface area contributed by atoms with E-state index in [-0.39, 0.29) is 10.8 Å². The molecule has 0 aromatic heterocycles. The Morgan fingerprint density at radius 2 is 1.31 bits per heavy atom. The van der Waals surface area contributed by atoms with Crippen molar-refractivity contribution in [2.24, 2.45) is 0 Å². The number of benzene rings is 5. The van der Waals surface area contributed by atoms with Crippen molar-refractivity contribution < 1.29 is 13.2 Å². The first-order valence-electron chi connectivity index (χ1n) is 14.9. The molecule has 1 amide bonds. The molecule has 0 bridgehead atoms. The van der Waals surface area contributed by atoms with Crippen LogP contribution in [0.2, 0.25) is 0 Å². The standard InChI is InChI=1S/C37H34N4O3S/c1-2-41(25-27-12-6-3-7-13-27)26-28-18-20-30(21-19-28)38-36(29-14-8-4-9-15-29)35-33-24-32(22-23-34(33)39-37(35)42)45(43,44)40-31-16-10-5-11-17-31/h3-24,38,40H,2,25-26H2,1H3,(H,39,42). The molecule has 1 heterocycles. The molecule has 5 aromatic carbocycles. The molecule has 1 aliphatic rings. The number of nitrogens with zero attached hydrogens (tertiary/aromatic N) is 1. The summed E-state index contributed by atoms with van der Waals surface area (Å²) in [7, 11) is -3.90. The normalized spacial score (nSPS) is 13.7. The summed E-state index contributed by atoms with van der Waals surface area (Å²) in [6.45, 7) is 4.76. The molecule has 1 aliphatic heterocycles. The Hall–Kier alpha value is -5.18. The fourth-order valence-electron chi connectivity index (χ4n) is 5.38. The summed E-state index contributed by atoms with van der Waals surface area (Å²) >= 11 is 0. The molecule has 226 valence electrons. The maximum absolute atomic E-state index is 13.5. The van der Waals surface area contributed by atoms with Crippen LogP contribution >= 0.6 is 0 Å². The van der Waals surface area contributed by atoms with Gasteiger partial charge in [0.15, 0.2) is 0 Å². The molecule has 0 unspecified atom stereocenters. The van der Waals surface area contributed by atoms with Crippen LogP contribution in [0.15, 0.2) is 138 Å². The summed E-state index contributed by atoms with van der Waals surface area (Å²) in [4.78, 5) is 15.9. The predicted molar refractivity (Wildman–Crippen MR) is 182 cm³/mol. The minimum absolute atomic E-state index is 0.0619. The Morgan fingerprint density at radius 1 is 0.711 bits per heavy atom. The first-order chi connectivity index (χ1) is 21.9. The van der Waals surface area contributed by atoms with Gasteiger partial charge in [0, 0.05) is 35.7 Å². The van der Waals surface area contributed by atoms with Crippen molar-refractivity contribution in [2.45, 2.75) is 24.9 Å². The van der Waals surface area contributed by atoms with E-state index in [1.54, 1.807) is 36.4 Å². The lowest BCUT2D eigenvalue weighted by Crippen LogP contribution is -2.22. The number of carbonyl (C=O) groups is 1. The summed E-state index contributed by atoms with van der Waals surface area (Å²) in [6.07, 6.45) is 0. The molecular weight excluding hydrogens is 580 g/mol. The van der Waals surface area contributed by atoms with Crippen LogP contribution in [0, 0.1) is 0 Å². The van der Waals surface area contributed by atoms with E-state index in [0.717, 1.165) is 30.9 Å². The van der Waals surface area contributed by atoms with Gasteiger partial charge in [0.2, 0.25) is 0 Å². The Bertz CT molecular complexity index is 1930. The van der Waals surface area contributed by atoms with Gasteiger partial charge in [-0.3, -0.25) is 14.4 Å². The van der Waals surface area contributed by atoms with Crippen LogP contribution in [0.25, 0.3) is 11.3 Å². The predicted octanol–water partition coefficient (Wildman–Crippen LogP) is 7.44. The highest BCUT2D eigenvalue weighted by atomic mass is 32.2.